The van der Waals surface area contributed by atoms with Crippen molar-refractivity contribution in [2.75, 3.05) is 13.0 Å². The molecule has 0 radical (unpaired) electrons. The summed E-state index contributed by atoms with van der Waals surface area (Å²) in [5.41, 5.74) is 0.765. The van der Waals surface area contributed by atoms with Crippen LogP contribution in [0.2, 0.25) is 0 Å². The predicted molar refractivity (Wildman–Crippen MR) is 132 cm³/mol. The highest BCUT2D eigenvalue weighted by Gasteiger charge is 2.41. The molecule has 9 nitrogen and oxygen atoms in total. The van der Waals surface area contributed by atoms with E-state index in [0.29, 0.717) is 11.1 Å². The number of rotatable bonds is 12. The van der Waals surface area contributed by atoms with Crippen molar-refractivity contribution in [3.63, 3.8) is 0 Å². The third-order valence-corrected chi connectivity index (χ3v) is 6.93. The van der Waals surface area contributed by atoms with Gasteiger partial charge in [-0.15, -0.1) is 0 Å². The second-order valence-electron chi connectivity index (χ2n) is 8.83. The van der Waals surface area contributed by atoms with Crippen LogP contribution >= 0.6 is 7.60 Å². The first-order valence-corrected chi connectivity index (χ1v) is 13.6. The molecule has 0 aromatic heterocycles. The Morgan fingerprint density at radius 1 is 0.889 bits per heavy atom. The van der Waals surface area contributed by atoms with E-state index in [4.69, 9.17) is 28.0 Å². The largest absolute Gasteiger partial charge is 0.459 e. The van der Waals surface area contributed by atoms with Crippen LogP contribution in [0.4, 0.5) is 0 Å². The molecule has 1 saturated heterocycles. The van der Waals surface area contributed by atoms with Gasteiger partial charge in [-0.25, -0.2) is 9.59 Å². The van der Waals surface area contributed by atoms with E-state index in [-0.39, 0.29) is 31.6 Å². The molecule has 0 aliphatic carbocycles. The van der Waals surface area contributed by atoms with Crippen molar-refractivity contribution < 1.29 is 42.1 Å². The third kappa shape index (κ3) is 8.54. The fourth-order valence-electron chi connectivity index (χ4n) is 3.56. The molecule has 0 amide bonds. The van der Waals surface area contributed by atoms with Crippen molar-refractivity contribution in [1.29, 1.82) is 0 Å². The molecular formula is C26H33O9P. The van der Waals surface area contributed by atoms with E-state index in [1.165, 1.54) is 0 Å². The van der Waals surface area contributed by atoms with Gasteiger partial charge in [0.25, 0.3) is 0 Å². The number of benzene rings is 2. The standard InChI is InChI=1S/C26H33O9P/c1-18(2)34-36(29,35-19(3)4)17-31-24-15-22(33-26(28)21-13-9-6-10-14-21)23(32-24)16-30-25(27)20-11-7-5-8-12-20/h5-14,18-19,22-24H,15-17H2,1-4H3/t22-,23+,24+/m0/s1. The van der Waals surface area contributed by atoms with Crippen molar-refractivity contribution in [2.45, 2.75) is 64.8 Å². The third-order valence-electron chi connectivity index (χ3n) is 4.98. The maximum Gasteiger partial charge on any atom is 0.356 e. The fraction of sp³-hybridized carbons (Fsp3) is 0.462. The van der Waals surface area contributed by atoms with Crippen molar-refractivity contribution in [1.82, 2.24) is 0 Å². The van der Waals surface area contributed by atoms with Gasteiger partial charge in [0.15, 0.2) is 12.6 Å². The molecule has 196 valence electrons. The Hall–Kier alpha value is -2.55. The molecule has 0 N–H and O–H groups in total. The molecule has 1 heterocycles. The van der Waals surface area contributed by atoms with Gasteiger partial charge in [-0.3, -0.25) is 4.57 Å². The summed E-state index contributed by atoms with van der Waals surface area (Å²) in [6.45, 7) is 6.83. The van der Waals surface area contributed by atoms with Gasteiger partial charge in [-0.1, -0.05) is 36.4 Å². The van der Waals surface area contributed by atoms with Crippen molar-refractivity contribution in [3.05, 3.63) is 71.8 Å². The summed E-state index contributed by atoms with van der Waals surface area (Å²) in [7, 11) is -3.57. The second-order valence-corrected chi connectivity index (χ2v) is 10.7. The van der Waals surface area contributed by atoms with E-state index >= 15 is 0 Å². The fourth-order valence-corrected chi connectivity index (χ4v) is 5.36. The molecule has 2 aromatic rings. The van der Waals surface area contributed by atoms with Gasteiger partial charge in [-0.05, 0) is 52.0 Å². The van der Waals surface area contributed by atoms with Crippen molar-refractivity contribution in [2.24, 2.45) is 0 Å². The average Bonchev–Trinajstić information content (AvgIpc) is 3.22. The van der Waals surface area contributed by atoms with Gasteiger partial charge < -0.3 is 28.0 Å². The highest BCUT2D eigenvalue weighted by atomic mass is 31.2. The van der Waals surface area contributed by atoms with E-state index in [1.54, 1.807) is 88.4 Å². The Bertz CT molecular complexity index is 1010. The topological polar surface area (TPSA) is 107 Å². The number of carbonyl (C=O) groups is 2. The number of ether oxygens (including phenoxy) is 4. The molecule has 3 rings (SSSR count). The zero-order chi connectivity index (χ0) is 26.1. The molecule has 3 atom stereocenters. The van der Waals surface area contributed by atoms with Crippen molar-refractivity contribution in [3.8, 4) is 0 Å². The maximum absolute atomic E-state index is 13.1. The maximum atomic E-state index is 13.1. The summed E-state index contributed by atoms with van der Waals surface area (Å²) in [4.78, 5) is 25.1. The van der Waals surface area contributed by atoms with Gasteiger partial charge in [0.1, 0.15) is 18.8 Å². The highest BCUT2D eigenvalue weighted by Crippen LogP contribution is 2.51. The number of esters is 2. The first-order valence-electron chi connectivity index (χ1n) is 11.9. The summed E-state index contributed by atoms with van der Waals surface area (Å²) >= 11 is 0. The summed E-state index contributed by atoms with van der Waals surface area (Å²) in [5.74, 6) is -1.07. The Balaban J connectivity index is 1.67. The molecule has 1 aliphatic heterocycles. The van der Waals surface area contributed by atoms with Crippen LogP contribution in [-0.2, 0) is 32.6 Å². The summed E-state index contributed by atoms with van der Waals surface area (Å²) in [6.07, 6.45) is -3.30. The molecule has 36 heavy (non-hydrogen) atoms. The van der Waals surface area contributed by atoms with Crippen LogP contribution in [0.1, 0.15) is 54.8 Å². The number of carbonyl (C=O) groups excluding carboxylic acids is 2. The van der Waals surface area contributed by atoms with Crippen LogP contribution in [0.15, 0.2) is 60.7 Å². The van der Waals surface area contributed by atoms with Crippen LogP contribution < -0.4 is 0 Å². The Kier molecular flexibility index (Phi) is 10.2. The van der Waals surface area contributed by atoms with E-state index in [0.717, 1.165) is 0 Å². The van der Waals surface area contributed by atoms with Crippen LogP contribution in [-0.4, -0.2) is 55.6 Å². The van der Waals surface area contributed by atoms with Gasteiger partial charge in [-0.2, -0.15) is 0 Å². The molecule has 0 saturated carbocycles. The molecule has 10 heteroatoms. The van der Waals surface area contributed by atoms with Crippen molar-refractivity contribution >= 4 is 19.5 Å². The first-order chi connectivity index (χ1) is 17.1. The average molecular weight is 521 g/mol. The normalized spacial score (nSPS) is 20.0. The minimum atomic E-state index is -3.57. The zero-order valence-corrected chi connectivity index (χ0v) is 21.8. The lowest BCUT2D eigenvalue weighted by molar-refractivity contribution is -0.137. The molecule has 2 aromatic carbocycles. The molecule has 1 fully saturated rings. The van der Waals surface area contributed by atoms with E-state index in [1.807, 2.05) is 0 Å². The summed E-state index contributed by atoms with van der Waals surface area (Å²) in [5, 5.41) is 0. The second kappa shape index (κ2) is 13.1. The van der Waals surface area contributed by atoms with E-state index < -0.39 is 38.0 Å². The summed E-state index contributed by atoms with van der Waals surface area (Å²) in [6, 6.07) is 17.1. The highest BCUT2D eigenvalue weighted by molar-refractivity contribution is 7.53. The van der Waals surface area contributed by atoms with Gasteiger partial charge in [0, 0.05) is 6.42 Å². The lowest BCUT2D eigenvalue weighted by Gasteiger charge is -2.24. The number of hydrogen-bond donors (Lipinski definition) is 0. The predicted octanol–water partition coefficient (Wildman–Crippen LogP) is 5.20. The molecular weight excluding hydrogens is 487 g/mol. The lowest BCUT2D eigenvalue weighted by Crippen LogP contribution is -2.32. The Morgan fingerprint density at radius 3 is 1.94 bits per heavy atom. The number of hydrogen-bond acceptors (Lipinski definition) is 9. The molecule has 1 aliphatic rings. The summed E-state index contributed by atoms with van der Waals surface area (Å²) < 4.78 is 46.9. The smallest absolute Gasteiger partial charge is 0.356 e. The minimum absolute atomic E-state index is 0.148. The van der Waals surface area contributed by atoms with Crippen LogP contribution in [0.5, 0.6) is 0 Å². The van der Waals surface area contributed by atoms with Gasteiger partial charge in [0.05, 0.1) is 23.3 Å². The van der Waals surface area contributed by atoms with Gasteiger partial charge >= 0.3 is 19.5 Å². The molecule has 0 bridgehead atoms. The Morgan fingerprint density at radius 2 is 1.42 bits per heavy atom. The van der Waals surface area contributed by atoms with Crippen LogP contribution in [0.3, 0.4) is 0 Å². The minimum Gasteiger partial charge on any atom is -0.459 e. The first kappa shape index (κ1) is 28.0. The SMILES string of the molecule is CC(C)OP(=O)(CO[C@H]1C[C@H](OC(=O)c2ccccc2)[C@@H](COC(=O)c2ccccc2)O1)OC(C)C. The lowest BCUT2D eigenvalue weighted by atomic mass is 10.1. The zero-order valence-electron chi connectivity index (χ0n) is 20.9. The van der Waals surface area contributed by atoms with Crippen LogP contribution in [0.25, 0.3) is 0 Å². The van der Waals surface area contributed by atoms with E-state index in [9.17, 15) is 14.2 Å². The molecule has 0 spiro atoms. The molecule has 0 unspecified atom stereocenters. The quantitative estimate of drug-likeness (QED) is 0.276. The van der Waals surface area contributed by atoms with E-state index in [2.05, 4.69) is 0 Å². The van der Waals surface area contributed by atoms with Gasteiger partial charge in [0.2, 0.25) is 0 Å². The monoisotopic (exact) mass is 520 g/mol. The van der Waals surface area contributed by atoms with Crippen LogP contribution in [0, 0.1) is 0 Å². The Labute approximate surface area is 211 Å².